The molecule has 0 spiro atoms. The Morgan fingerprint density at radius 2 is 1.70 bits per heavy atom. The van der Waals surface area contributed by atoms with Gasteiger partial charge in [0.25, 0.3) is 5.56 Å². The molecule has 0 radical (unpaired) electrons. The van der Waals surface area contributed by atoms with Crippen LogP contribution in [0, 0.1) is 0 Å². The van der Waals surface area contributed by atoms with Crippen molar-refractivity contribution in [2.45, 2.75) is 6.18 Å². The van der Waals surface area contributed by atoms with Gasteiger partial charge in [-0.15, -0.1) is 0 Å². The number of nitrogens with one attached hydrogen (secondary N) is 2. The highest BCUT2D eigenvalue weighted by Crippen LogP contribution is 2.14. The molecule has 0 bridgehead atoms. The van der Waals surface area contributed by atoms with Gasteiger partial charge in [-0.1, -0.05) is 0 Å². The smallest absolute Gasteiger partial charge is 0.293 e. The number of carbonyl (C=O) groups excluding carboxylic acids is 2. The molecule has 11 heteroatoms. The molecule has 0 aliphatic rings. The predicted molar refractivity (Wildman–Crippen MR) is 60.1 cm³/mol. The normalized spacial score (nSPS) is 11.1. The number of urea groups is 1. The van der Waals surface area contributed by atoms with Crippen LogP contribution >= 0.6 is 0 Å². The van der Waals surface area contributed by atoms with Gasteiger partial charge in [0.05, 0.1) is 0 Å². The van der Waals surface area contributed by atoms with Crippen molar-refractivity contribution in [3.63, 3.8) is 0 Å². The summed E-state index contributed by atoms with van der Waals surface area (Å²) >= 11 is 0. The van der Waals surface area contributed by atoms with Crippen LogP contribution in [0.25, 0.3) is 0 Å². The third-order valence-electron chi connectivity index (χ3n) is 2.25. The van der Waals surface area contributed by atoms with Crippen LogP contribution in [-0.4, -0.2) is 27.2 Å². The molecular weight excluding hydrogens is 285 g/mol. The minimum atomic E-state index is -5.23. The lowest BCUT2D eigenvalue weighted by molar-refractivity contribution is -0.172. The standard InChI is InChI=1S/C9H9F3N4O4/c1-15-4(3-5(17)16(2)8(15)20)13-7(19)14-6(18)9(10,11)12/h3H,1-2H3,(H2,13,14,18,19). The summed E-state index contributed by atoms with van der Waals surface area (Å²) in [6, 6.07) is -0.699. The molecule has 1 heterocycles. The van der Waals surface area contributed by atoms with Crippen molar-refractivity contribution in [1.29, 1.82) is 0 Å². The van der Waals surface area contributed by atoms with Gasteiger partial charge >= 0.3 is 23.8 Å². The van der Waals surface area contributed by atoms with E-state index in [0.717, 1.165) is 20.5 Å². The molecule has 0 aliphatic carbocycles. The molecule has 1 rings (SSSR count). The zero-order valence-corrected chi connectivity index (χ0v) is 10.2. The second-order valence-corrected chi connectivity index (χ2v) is 3.67. The molecule has 1 aromatic heterocycles. The van der Waals surface area contributed by atoms with Gasteiger partial charge in [-0.3, -0.25) is 29.4 Å². The van der Waals surface area contributed by atoms with Gasteiger partial charge in [0.1, 0.15) is 5.82 Å². The number of rotatable bonds is 1. The van der Waals surface area contributed by atoms with Crippen LogP contribution in [0.1, 0.15) is 0 Å². The van der Waals surface area contributed by atoms with E-state index in [9.17, 15) is 32.3 Å². The molecule has 110 valence electrons. The van der Waals surface area contributed by atoms with E-state index in [4.69, 9.17) is 0 Å². The van der Waals surface area contributed by atoms with E-state index < -0.39 is 29.4 Å². The van der Waals surface area contributed by atoms with Gasteiger partial charge in [0.2, 0.25) is 0 Å². The maximum absolute atomic E-state index is 11.9. The molecule has 0 fully saturated rings. The highest BCUT2D eigenvalue weighted by atomic mass is 19.4. The van der Waals surface area contributed by atoms with Crippen molar-refractivity contribution in [3.8, 4) is 0 Å². The van der Waals surface area contributed by atoms with Crippen molar-refractivity contribution in [3.05, 3.63) is 26.9 Å². The Balaban J connectivity index is 2.96. The molecule has 2 N–H and O–H groups in total. The lowest BCUT2D eigenvalue weighted by atomic mass is 10.5. The Bertz CT molecular complexity index is 673. The predicted octanol–water partition coefficient (Wildman–Crippen LogP) is -0.706. The number of imide groups is 1. The van der Waals surface area contributed by atoms with Gasteiger partial charge in [0, 0.05) is 20.2 Å². The molecule has 0 unspecified atom stereocenters. The Morgan fingerprint density at radius 3 is 2.20 bits per heavy atom. The number of aromatic nitrogens is 2. The fraction of sp³-hybridized carbons (Fsp3) is 0.333. The molecule has 1 aromatic rings. The van der Waals surface area contributed by atoms with Crippen LogP contribution in [0.5, 0.6) is 0 Å². The SMILES string of the molecule is Cn1c(NC(=O)NC(=O)C(F)(F)F)cc(=O)n(C)c1=O. The Labute approximate surface area is 108 Å². The zero-order chi connectivity index (χ0) is 15.7. The quantitative estimate of drug-likeness (QED) is 0.714. The minimum absolute atomic E-state index is 0.356. The summed E-state index contributed by atoms with van der Waals surface area (Å²) in [6.07, 6.45) is -5.23. The number of hydrogen-bond acceptors (Lipinski definition) is 4. The average molecular weight is 294 g/mol. The number of hydrogen-bond donors (Lipinski definition) is 2. The van der Waals surface area contributed by atoms with Crippen molar-refractivity contribution < 1.29 is 22.8 Å². The van der Waals surface area contributed by atoms with Crippen LogP contribution in [0.2, 0.25) is 0 Å². The number of amides is 3. The summed E-state index contributed by atoms with van der Waals surface area (Å²) in [5.41, 5.74) is -1.57. The number of carbonyl (C=O) groups is 2. The Hall–Kier alpha value is -2.59. The van der Waals surface area contributed by atoms with Crippen molar-refractivity contribution in [2.24, 2.45) is 14.1 Å². The van der Waals surface area contributed by atoms with Gasteiger partial charge < -0.3 is 0 Å². The maximum atomic E-state index is 11.9. The molecule has 8 nitrogen and oxygen atoms in total. The number of alkyl halides is 3. The van der Waals surface area contributed by atoms with E-state index in [-0.39, 0.29) is 5.82 Å². The summed E-state index contributed by atoms with van der Waals surface area (Å²) < 4.78 is 37.3. The number of nitrogens with zero attached hydrogens (tertiary/aromatic N) is 2. The molecule has 3 amide bonds. The first kappa shape index (κ1) is 15.5. The highest BCUT2D eigenvalue weighted by molar-refractivity contribution is 6.02. The second kappa shape index (κ2) is 5.19. The summed E-state index contributed by atoms with van der Waals surface area (Å²) in [5.74, 6) is -2.82. The second-order valence-electron chi connectivity index (χ2n) is 3.67. The summed E-state index contributed by atoms with van der Waals surface area (Å²) in [7, 11) is 2.37. The Kier molecular flexibility index (Phi) is 4.01. The summed E-state index contributed by atoms with van der Waals surface area (Å²) in [4.78, 5) is 44.5. The van der Waals surface area contributed by atoms with E-state index in [1.54, 1.807) is 5.32 Å². The first-order valence-electron chi connectivity index (χ1n) is 5.00. The Morgan fingerprint density at radius 1 is 1.15 bits per heavy atom. The highest BCUT2D eigenvalue weighted by Gasteiger charge is 2.39. The van der Waals surface area contributed by atoms with E-state index in [0.29, 0.717) is 0 Å². The topological polar surface area (TPSA) is 102 Å². The fourth-order valence-electron chi connectivity index (χ4n) is 1.17. The van der Waals surface area contributed by atoms with E-state index in [1.165, 1.54) is 14.1 Å². The van der Waals surface area contributed by atoms with Crippen molar-refractivity contribution in [1.82, 2.24) is 14.5 Å². The van der Waals surface area contributed by atoms with Gasteiger partial charge in [-0.2, -0.15) is 13.2 Å². The van der Waals surface area contributed by atoms with Crippen LogP contribution < -0.4 is 21.9 Å². The third kappa shape index (κ3) is 3.24. The third-order valence-corrected chi connectivity index (χ3v) is 2.25. The minimum Gasteiger partial charge on any atom is -0.293 e. The first-order valence-corrected chi connectivity index (χ1v) is 5.00. The monoisotopic (exact) mass is 294 g/mol. The van der Waals surface area contributed by atoms with E-state index in [2.05, 4.69) is 0 Å². The average Bonchev–Trinajstić information content (AvgIpc) is 2.32. The van der Waals surface area contributed by atoms with Crippen LogP contribution in [0.3, 0.4) is 0 Å². The van der Waals surface area contributed by atoms with Crippen LogP contribution in [-0.2, 0) is 18.9 Å². The van der Waals surface area contributed by atoms with Crippen molar-refractivity contribution >= 4 is 17.8 Å². The maximum Gasteiger partial charge on any atom is 0.471 e. The molecule has 0 atom stereocenters. The molecule has 0 aromatic carbocycles. The molecule has 20 heavy (non-hydrogen) atoms. The summed E-state index contributed by atoms with van der Waals surface area (Å²) in [6.45, 7) is 0. The lowest BCUT2D eigenvalue weighted by Crippen LogP contribution is -2.44. The van der Waals surface area contributed by atoms with Gasteiger partial charge in [0.15, 0.2) is 0 Å². The van der Waals surface area contributed by atoms with Crippen LogP contribution in [0.4, 0.5) is 23.8 Å². The molecule has 0 saturated heterocycles. The van der Waals surface area contributed by atoms with Crippen molar-refractivity contribution in [2.75, 3.05) is 5.32 Å². The first-order chi connectivity index (χ1) is 9.04. The summed E-state index contributed by atoms with van der Waals surface area (Å²) in [5, 5.41) is 2.81. The van der Waals surface area contributed by atoms with E-state index in [1.807, 2.05) is 0 Å². The number of halogens is 3. The van der Waals surface area contributed by atoms with Gasteiger partial charge in [-0.05, 0) is 0 Å². The van der Waals surface area contributed by atoms with Crippen LogP contribution in [0.15, 0.2) is 15.7 Å². The molecule has 0 aliphatic heterocycles. The zero-order valence-electron chi connectivity index (χ0n) is 10.2. The van der Waals surface area contributed by atoms with E-state index >= 15 is 0 Å². The largest absolute Gasteiger partial charge is 0.471 e. The number of anilines is 1. The molecule has 0 saturated carbocycles. The van der Waals surface area contributed by atoms with Gasteiger partial charge in [-0.25, -0.2) is 9.59 Å². The fourth-order valence-corrected chi connectivity index (χ4v) is 1.17. The lowest BCUT2D eigenvalue weighted by Gasteiger charge is -2.11. The molecular formula is C9H9F3N4O4.